The molecular weight excluding hydrogens is 553 g/mol. The van der Waals surface area contributed by atoms with E-state index in [2.05, 4.69) is 25.9 Å². The van der Waals surface area contributed by atoms with Crippen LogP contribution in [0.25, 0.3) is 10.9 Å². The van der Waals surface area contributed by atoms with Crippen LogP contribution in [0.3, 0.4) is 0 Å². The summed E-state index contributed by atoms with van der Waals surface area (Å²) in [6, 6.07) is 11.6. The zero-order valence-electron chi connectivity index (χ0n) is 22.1. The fourth-order valence-electron chi connectivity index (χ4n) is 4.23. The van der Waals surface area contributed by atoms with Crippen LogP contribution in [0.15, 0.2) is 60.9 Å². The molecule has 210 valence electrons. The molecule has 2 aromatic heterocycles. The number of carbonyl (C=O) groups is 3. The van der Waals surface area contributed by atoms with Crippen molar-refractivity contribution in [2.45, 2.75) is 19.8 Å². The number of pyridine rings is 2. The number of nitrogens with one attached hydrogen (secondary N) is 3. The van der Waals surface area contributed by atoms with Gasteiger partial charge in [0.1, 0.15) is 27.8 Å². The summed E-state index contributed by atoms with van der Waals surface area (Å²) in [5, 5.41) is 8.74. The standard InChI is InChI=1S/C29H25ClFN5O5/c1-3-32-25(37)20-13-19-22(14-24(20)40-2)33-11-8-23(19)41-26-21(30)12-18(15-34-26)36-28(39)29(9-10-29)27(38)35-17-6-4-16(31)5-7-17/h4-8,11-15H,3,9-10H2,1-2H3,(H,32,37)(H,35,38)(H,36,39). The summed E-state index contributed by atoms with van der Waals surface area (Å²) in [6.07, 6.45) is 3.63. The topological polar surface area (TPSA) is 132 Å². The van der Waals surface area contributed by atoms with Crippen LogP contribution in [0.5, 0.6) is 17.4 Å². The number of benzene rings is 2. The molecule has 3 amide bonds. The molecule has 1 aliphatic rings. The molecule has 10 nitrogen and oxygen atoms in total. The molecule has 2 heterocycles. The van der Waals surface area contributed by atoms with Gasteiger partial charge in [0.15, 0.2) is 0 Å². The summed E-state index contributed by atoms with van der Waals surface area (Å²) in [7, 11) is 1.47. The van der Waals surface area contributed by atoms with Gasteiger partial charge in [0.25, 0.3) is 5.91 Å². The van der Waals surface area contributed by atoms with Crippen molar-refractivity contribution in [1.29, 1.82) is 0 Å². The van der Waals surface area contributed by atoms with Crippen LogP contribution >= 0.6 is 11.6 Å². The van der Waals surface area contributed by atoms with Crippen LogP contribution in [-0.2, 0) is 9.59 Å². The van der Waals surface area contributed by atoms with E-state index in [-0.39, 0.29) is 22.5 Å². The van der Waals surface area contributed by atoms with Gasteiger partial charge in [-0.3, -0.25) is 19.4 Å². The Morgan fingerprint density at radius 2 is 1.68 bits per heavy atom. The molecule has 0 atom stereocenters. The predicted molar refractivity (Wildman–Crippen MR) is 151 cm³/mol. The van der Waals surface area contributed by atoms with Crippen molar-refractivity contribution < 1.29 is 28.2 Å². The molecule has 3 N–H and O–H groups in total. The van der Waals surface area contributed by atoms with Gasteiger partial charge in [-0.1, -0.05) is 11.6 Å². The van der Waals surface area contributed by atoms with E-state index in [0.29, 0.717) is 53.0 Å². The maximum atomic E-state index is 13.2. The SMILES string of the molecule is CCNC(=O)c1cc2c(Oc3ncc(NC(=O)C4(C(=O)Nc5ccc(F)cc5)CC4)cc3Cl)ccnc2cc1OC. The van der Waals surface area contributed by atoms with Crippen LogP contribution in [0.1, 0.15) is 30.1 Å². The molecule has 1 aliphatic carbocycles. The van der Waals surface area contributed by atoms with Crippen molar-refractivity contribution in [3.05, 3.63) is 77.3 Å². The molecule has 2 aromatic carbocycles. The number of ether oxygens (including phenoxy) is 2. The van der Waals surface area contributed by atoms with Gasteiger partial charge < -0.3 is 25.4 Å². The van der Waals surface area contributed by atoms with Gasteiger partial charge in [0.05, 0.1) is 30.1 Å². The van der Waals surface area contributed by atoms with E-state index in [1.165, 1.54) is 49.8 Å². The van der Waals surface area contributed by atoms with Crippen molar-refractivity contribution >= 4 is 51.6 Å². The zero-order valence-corrected chi connectivity index (χ0v) is 22.8. The first kappa shape index (κ1) is 27.8. The smallest absolute Gasteiger partial charge is 0.255 e. The summed E-state index contributed by atoms with van der Waals surface area (Å²) >= 11 is 6.45. The Labute approximate surface area is 239 Å². The van der Waals surface area contributed by atoms with E-state index in [1.54, 1.807) is 18.2 Å². The van der Waals surface area contributed by atoms with Gasteiger partial charge in [0, 0.05) is 29.9 Å². The van der Waals surface area contributed by atoms with E-state index in [1.807, 2.05) is 6.92 Å². The first-order valence-corrected chi connectivity index (χ1v) is 13.1. The number of anilines is 2. The lowest BCUT2D eigenvalue weighted by molar-refractivity contribution is -0.131. The third-order valence-corrected chi connectivity index (χ3v) is 6.87. The van der Waals surface area contributed by atoms with Crippen molar-refractivity contribution in [2.24, 2.45) is 5.41 Å². The number of fused-ring (bicyclic) bond motifs is 1. The third kappa shape index (κ3) is 5.75. The third-order valence-electron chi connectivity index (χ3n) is 6.60. The normalized spacial score (nSPS) is 13.3. The second kappa shape index (κ2) is 11.4. The minimum Gasteiger partial charge on any atom is -0.496 e. The molecule has 41 heavy (non-hydrogen) atoms. The molecule has 1 saturated carbocycles. The van der Waals surface area contributed by atoms with Crippen LogP contribution < -0.4 is 25.4 Å². The van der Waals surface area contributed by atoms with Crippen LogP contribution in [0.2, 0.25) is 5.02 Å². The Kier molecular flexibility index (Phi) is 7.71. The van der Waals surface area contributed by atoms with Gasteiger partial charge in [-0.05, 0) is 62.2 Å². The lowest BCUT2D eigenvalue weighted by Crippen LogP contribution is -2.35. The summed E-state index contributed by atoms with van der Waals surface area (Å²) in [5.74, 6) is -0.947. The number of nitrogens with zero attached hydrogens (tertiary/aromatic N) is 2. The monoisotopic (exact) mass is 577 g/mol. The summed E-state index contributed by atoms with van der Waals surface area (Å²) < 4.78 is 24.5. The Morgan fingerprint density at radius 1 is 0.976 bits per heavy atom. The number of rotatable bonds is 9. The molecule has 12 heteroatoms. The van der Waals surface area contributed by atoms with E-state index in [4.69, 9.17) is 21.1 Å². The summed E-state index contributed by atoms with van der Waals surface area (Å²) in [5.41, 5.74) is 0.266. The van der Waals surface area contributed by atoms with E-state index < -0.39 is 23.0 Å². The number of amides is 3. The lowest BCUT2D eigenvalue weighted by atomic mass is 10.0. The van der Waals surface area contributed by atoms with Gasteiger partial charge in [-0.25, -0.2) is 9.37 Å². The molecule has 1 fully saturated rings. The maximum absolute atomic E-state index is 13.2. The quantitative estimate of drug-likeness (QED) is 0.229. The van der Waals surface area contributed by atoms with Crippen LogP contribution in [0, 0.1) is 11.2 Å². The fraction of sp³-hybridized carbons (Fsp3) is 0.207. The minimum atomic E-state index is -1.24. The number of methoxy groups -OCH3 is 1. The molecule has 0 unspecified atom stereocenters. The second-order valence-electron chi connectivity index (χ2n) is 9.35. The van der Waals surface area contributed by atoms with Crippen molar-refractivity contribution in [3.63, 3.8) is 0 Å². The summed E-state index contributed by atoms with van der Waals surface area (Å²) in [6.45, 7) is 2.26. The number of halogens is 2. The first-order chi connectivity index (χ1) is 19.7. The van der Waals surface area contributed by atoms with E-state index in [9.17, 15) is 18.8 Å². The Hall–Kier alpha value is -4.77. The molecule has 5 rings (SSSR count). The Balaban J connectivity index is 1.33. The Bertz CT molecular complexity index is 1660. The second-order valence-corrected chi connectivity index (χ2v) is 9.76. The minimum absolute atomic E-state index is 0.0581. The van der Waals surface area contributed by atoms with Crippen molar-refractivity contribution in [1.82, 2.24) is 15.3 Å². The molecule has 0 aliphatic heterocycles. The molecule has 0 radical (unpaired) electrons. The molecule has 0 saturated heterocycles. The van der Waals surface area contributed by atoms with E-state index in [0.717, 1.165) is 0 Å². The predicted octanol–water partition coefficient (Wildman–Crippen LogP) is 5.33. The lowest BCUT2D eigenvalue weighted by Gasteiger charge is -2.16. The van der Waals surface area contributed by atoms with Gasteiger partial charge in [-0.15, -0.1) is 0 Å². The van der Waals surface area contributed by atoms with Gasteiger partial charge >= 0.3 is 0 Å². The molecule has 0 spiro atoms. The first-order valence-electron chi connectivity index (χ1n) is 12.7. The highest BCUT2D eigenvalue weighted by molar-refractivity contribution is 6.32. The molecular formula is C29H25ClFN5O5. The highest BCUT2D eigenvalue weighted by Crippen LogP contribution is 2.47. The average Bonchev–Trinajstić information content (AvgIpc) is 3.78. The fourth-order valence-corrected chi connectivity index (χ4v) is 4.43. The van der Waals surface area contributed by atoms with Crippen LogP contribution in [-0.4, -0.2) is 41.3 Å². The maximum Gasteiger partial charge on any atom is 0.255 e. The largest absolute Gasteiger partial charge is 0.496 e. The van der Waals surface area contributed by atoms with Gasteiger partial charge in [-0.2, -0.15) is 0 Å². The average molecular weight is 578 g/mol. The molecule has 4 aromatic rings. The summed E-state index contributed by atoms with van der Waals surface area (Å²) in [4.78, 5) is 47.0. The van der Waals surface area contributed by atoms with Crippen molar-refractivity contribution in [3.8, 4) is 17.4 Å². The number of carbonyl (C=O) groups excluding carboxylic acids is 3. The van der Waals surface area contributed by atoms with Crippen molar-refractivity contribution in [2.75, 3.05) is 24.3 Å². The highest BCUT2D eigenvalue weighted by Gasteiger charge is 2.56. The molecule has 0 bridgehead atoms. The van der Waals surface area contributed by atoms with E-state index >= 15 is 0 Å². The van der Waals surface area contributed by atoms with Crippen LogP contribution in [0.4, 0.5) is 15.8 Å². The number of aromatic nitrogens is 2. The Morgan fingerprint density at radius 3 is 2.32 bits per heavy atom. The van der Waals surface area contributed by atoms with Gasteiger partial charge in [0.2, 0.25) is 17.7 Å². The number of hydrogen-bond acceptors (Lipinski definition) is 7. The number of hydrogen-bond donors (Lipinski definition) is 3. The highest BCUT2D eigenvalue weighted by atomic mass is 35.5. The zero-order chi connectivity index (χ0) is 29.1.